The standard InChI is InChI=1S/C16H18F3N5O2/c1-8-13(14-12(26)6-9(7-20-14)16(17,18)19)23-24-15(21-8)22-10-4-2-3-5-11(10)25/h6-7,10-11,25-26H,2-5H2,1H3,(H,21,22,24). The van der Waals surface area contributed by atoms with Crippen molar-refractivity contribution in [2.45, 2.75) is 50.9 Å². The molecular weight excluding hydrogens is 351 g/mol. The van der Waals surface area contributed by atoms with Crippen molar-refractivity contribution in [3.05, 3.63) is 23.5 Å². The second-order valence-corrected chi connectivity index (χ2v) is 6.26. The molecule has 0 amide bonds. The number of anilines is 1. The summed E-state index contributed by atoms with van der Waals surface area (Å²) in [6.45, 7) is 1.59. The fraction of sp³-hybridized carbons (Fsp3) is 0.500. The summed E-state index contributed by atoms with van der Waals surface area (Å²) in [7, 11) is 0. The van der Waals surface area contributed by atoms with Gasteiger partial charge in [-0.3, -0.25) is 0 Å². The maximum atomic E-state index is 12.7. The third-order valence-corrected chi connectivity index (χ3v) is 4.32. The van der Waals surface area contributed by atoms with E-state index >= 15 is 0 Å². The first kappa shape index (κ1) is 18.3. The van der Waals surface area contributed by atoms with Crippen LogP contribution in [0.4, 0.5) is 19.1 Å². The Morgan fingerprint density at radius 3 is 2.50 bits per heavy atom. The smallest absolute Gasteiger partial charge is 0.418 e. The van der Waals surface area contributed by atoms with Gasteiger partial charge in [0.15, 0.2) is 0 Å². The Hall–Kier alpha value is -2.49. The number of hydrogen-bond donors (Lipinski definition) is 3. The third-order valence-electron chi connectivity index (χ3n) is 4.32. The molecule has 2 aromatic heterocycles. The van der Waals surface area contributed by atoms with Crippen molar-refractivity contribution in [3.63, 3.8) is 0 Å². The molecule has 2 aromatic rings. The number of aliphatic hydroxyl groups is 1. The quantitative estimate of drug-likeness (QED) is 0.764. The van der Waals surface area contributed by atoms with Crippen LogP contribution in [0.3, 0.4) is 0 Å². The largest absolute Gasteiger partial charge is 0.506 e. The number of aryl methyl sites for hydroxylation is 1. The van der Waals surface area contributed by atoms with Crippen molar-refractivity contribution in [2.75, 3.05) is 5.32 Å². The lowest BCUT2D eigenvalue weighted by Crippen LogP contribution is -2.37. The number of aliphatic hydroxyl groups excluding tert-OH is 1. The Morgan fingerprint density at radius 1 is 1.15 bits per heavy atom. The number of alkyl halides is 3. The van der Waals surface area contributed by atoms with Crippen LogP contribution >= 0.6 is 0 Å². The number of halogens is 3. The zero-order valence-electron chi connectivity index (χ0n) is 14.0. The number of rotatable bonds is 3. The van der Waals surface area contributed by atoms with Crippen LogP contribution in [-0.4, -0.2) is 42.5 Å². The van der Waals surface area contributed by atoms with E-state index in [1.54, 1.807) is 6.92 Å². The van der Waals surface area contributed by atoms with Crippen LogP contribution < -0.4 is 5.32 Å². The maximum Gasteiger partial charge on any atom is 0.418 e. The highest BCUT2D eigenvalue weighted by Gasteiger charge is 2.32. The number of hydrogen-bond acceptors (Lipinski definition) is 7. The molecule has 7 nitrogen and oxygen atoms in total. The fourth-order valence-corrected chi connectivity index (χ4v) is 2.92. The summed E-state index contributed by atoms with van der Waals surface area (Å²) >= 11 is 0. The highest BCUT2D eigenvalue weighted by molar-refractivity contribution is 5.64. The number of pyridine rings is 1. The normalized spacial score (nSPS) is 20.8. The molecule has 2 unspecified atom stereocenters. The highest BCUT2D eigenvalue weighted by atomic mass is 19.4. The minimum absolute atomic E-state index is 0.0889. The molecule has 1 fully saturated rings. The molecule has 1 aliphatic carbocycles. The topological polar surface area (TPSA) is 104 Å². The monoisotopic (exact) mass is 369 g/mol. The molecule has 2 atom stereocenters. The molecule has 0 aromatic carbocycles. The first-order valence-corrected chi connectivity index (χ1v) is 8.18. The first-order valence-electron chi connectivity index (χ1n) is 8.18. The Bertz CT molecular complexity index is 800. The molecule has 0 aliphatic heterocycles. The lowest BCUT2D eigenvalue weighted by atomic mass is 9.93. The summed E-state index contributed by atoms with van der Waals surface area (Å²) in [5.74, 6) is -0.439. The number of nitrogens with one attached hydrogen (secondary N) is 1. The van der Waals surface area contributed by atoms with E-state index in [1.165, 1.54) is 0 Å². The molecule has 10 heteroatoms. The van der Waals surface area contributed by atoms with Crippen LogP contribution in [0.1, 0.15) is 36.9 Å². The molecule has 1 saturated carbocycles. The predicted molar refractivity (Wildman–Crippen MR) is 86.3 cm³/mol. The van der Waals surface area contributed by atoms with Crippen molar-refractivity contribution < 1.29 is 23.4 Å². The van der Waals surface area contributed by atoms with Gasteiger partial charge in [-0.2, -0.15) is 13.2 Å². The van der Waals surface area contributed by atoms with Crippen molar-refractivity contribution in [2.24, 2.45) is 0 Å². The average Bonchev–Trinajstić information content (AvgIpc) is 2.57. The van der Waals surface area contributed by atoms with Crippen molar-refractivity contribution in [1.29, 1.82) is 0 Å². The van der Waals surface area contributed by atoms with E-state index in [-0.39, 0.29) is 23.4 Å². The van der Waals surface area contributed by atoms with Crippen LogP contribution in [0, 0.1) is 6.92 Å². The summed E-state index contributed by atoms with van der Waals surface area (Å²) in [5.41, 5.74) is -0.747. The van der Waals surface area contributed by atoms with Gasteiger partial charge in [0.1, 0.15) is 17.1 Å². The van der Waals surface area contributed by atoms with Gasteiger partial charge in [-0.25, -0.2) is 9.97 Å². The molecule has 3 rings (SSSR count). The summed E-state index contributed by atoms with van der Waals surface area (Å²) in [5, 5.41) is 30.7. The van der Waals surface area contributed by atoms with Gasteiger partial charge in [-0.05, 0) is 25.8 Å². The lowest BCUT2D eigenvalue weighted by Gasteiger charge is -2.28. The average molecular weight is 369 g/mol. The molecule has 2 heterocycles. The van der Waals surface area contributed by atoms with E-state index in [0.717, 1.165) is 19.3 Å². The van der Waals surface area contributed by atoms with Gasteiger partial charge in [-0.1, -0.05) is 12.8 Å². The summed E-state index contributed by atoms with van der Waals surface area (Å²) < 4.78 is 38.0. The van der Waals surface area contributed by atoms with E-state index < -0.39 is 23.6 Å². The second kappa shape index (κ2) is 7.02. The molecule has 0 bridgehead atoms. The molecular formula is C16H18F3N5O2. The Kier molecular flexibility index (Phi) is 4.94. The Labute approximate surface area is 147 Å². The number of aromatic hydroxyl groups is 1. The summed E-state index contributed by atoms with van der Waals surface area (Å²) in [4.78, 5) is 7.88. The minimum atomic E-state index is -4.60. The van der Waals surface area contributed by atoms with Crippen LogP contribution in [0.15, 0.2) is 12.3 Å². The number of nitrogens with zero attached hydrogens (tertiary/aromatic N) is 4. The van der Waals surface area contributed by atoms with Gasteiger partial charge in [0.25, 0.3) is 0 Å². The van der Waals surface area contributed by atoms with Gasteiger partial charge >= 0.3 is 6.18 Å². The van der Waals surface area contributed by atoms with Crippen LogP contribution in [0.25, 0.3) is 11.4 Å². The van der Waals surface area contributed by atoms with E-state index in [2.05, 4.69) is 25.5 Å². The third kappa shape index (κ3) is 3.85. The zero-order valence-corrected chi connectivity index (χ0v) is 14.0. The first-order chi connectivity index (χ1) is 12.3. The highest BCUT2D eigenvalue weighted by Crippen LogP contribution is 2.34. The molecule has 3 N–H and O–H groups in total. The Morgan fingerprint density at radius 2 is 1.88 bits per heavy atom. The van der Waals surface area contributed by atoms with Gasteiger partial charge in [0.2, 0.25) is 5.95 Å². The summed E-state index contributed by atoms with van der Waals surface area (Å²) in [6, 6.07) is 0.418. The van der Waals surface area contributed by atoms with Crippen molar-refractivity contribution >= 4 is 5.95 Å². The van der Waals surface area contributed by atoms with Crippen molar-refractivity contribution in [3.8, 4) is 17.1 Å². The van der Waals surface area contributed by atoms with Gasteiger partial charge in [0.05, 0.1) is 23.4 Å². The summed E-state index contributed by atoms with van der Waals surface area (Å²) in [6.07, 6.45) is -1.03. The number of aromatic nitrogens is 4. The molecule has 1 aliphatic rings. The molecule has 0 saturated heterocycles. The SMILES string of the molecule is Cc1nc(NC2CCCCC2O)nnc1-c1ncc(C(F)(F)F)cc1O. The molecule has 26 heavy (non-hydrogen) atoms. The van der Waals surface area contributed by atoms with Crippen molar-refractivity contribution in [1.82, 2.24) is 20.2 Å². The fourth-order valence-electron chi connectivity index (χ4n) is 2.92. The van der Waals surface area contributed by atoms with Gasteiger partial charge in [-0.15, -0.1) is 10.2 Å². The van der Waals surface area contributed by atoms with E-state index in [0.29, 0.717) is 24.4 Å². The van der Waals surface area contributed by atoms with E-state index in [1.807, 2.05) is 0 Å². The zero-order chi connectivity index (χ0) is 18.9. The minimum Gasteiger partial charge on any atom is -0.506 e. The second-order valence-electron chi connectivity index (χ2n) is 6.26. The lowest BCUT2D eigenvalue weighted by molar-refractivity contribution is -0.137. The molecule has 140 valence electrons. The van der Waals surface area contributed by atoms with E-state index in [4.69, 9.17) is 0 Å². The van der Waals surface area contributed by atoms with Crippen LogP contribution in [-0.2, 0) is 6.18 Å². The van der Waals surface area contributed by atoms with Crippen LogP contribution in [0.5, 0.6) is 5.75 Å². The molecule has 0 spiro atoms. The maximum absolute atomic E-state index is 12.7. The predicted octanol–water partition coefficient (Wildman–Crippen LogP) is 2.68. The van der Waals surface area contributed by atoms with Gasteiger partial charge < -0.3 is 15.5 Å². The Balaban J connectivity index is 1.84. The van der Waals surface area contributed by atoms with Crippen LogP contribution in [0.2, 0.25) is 0 Å². The molecule has 0 radical (unpaired) electrons. The van der Waals surface area contributed by atoms with Gasteiger partial charge in [0, 0.05) is 6.20 Å². The van der Waals surface area contributed by atoms with E-state index in [9.17, 15) is 23.4 Å².